The van der Waals surface area contributed by atoms with Crippen LogP contribution in [0, 0.1) is 18.7 Å². The van der Waals surface area contributed by atoms with E-state index in [2.05, 4.69) is 58.9 Å². The monoisotopic (exact) mass is 1350 g/mol. The molecule has 2 N–H and O–H groups in total. The van der Waals surface area contributed by atoms with Crippen LogP contribution < -0.4 is 15.4 Å². The zero-order chi connectivity index (χ0) is 69.1. The van der Waals surface area contributed by atoms with Crippen molar-refractivity contribution in [3.8, 4) is 5.75 Å². The summed E-state index contributed by atoms with van der Waals surface area (Å²) in [4.78, 5) is 36.7. The van der Waals surface area contributed by atoms with Gasteiger partial charge in [0.05, 0.1) is 6.10 Å². The van der Waals surface area contributed by atoms with Crippen LogP contribution in [0.3, 0.4) is 0 Å². The summed E-state index contributed by atoms with van der Waals surface area (Å²) in [5, 5.41) is 7.95. The first-order valence-electron chi connectivity index (χ1n) is 30.8. The number of halogens is 5. The van der Waals surface area contributed by atoms with Crippen molar-refractivity contribution in [2.75, 3.05) is 39.0 Å². The van der Waals surface area contributed by atoms with E-state index in [0.29, 0.717) is 43.4 Å². The highest BCUT2D eigenvalue weighted by molar-refractivity contribution is 6.36. The molecule has 0 spiro atoms. The number of ether oxygens (including phenoxy) is 4. The average Bonchev–Trinajstić information content (AvgIpc) is 0.905. The van der Waals surface area contributed by atoms with Crippen LogP contribution >= 0.6 is 46.4 Å². The van der Waals surface area contributed by atoms with Crippen molar-refractivity contribution in [2.45, 2.75) is 104 Å². The molecular formula is C79H88Cl4FN3O7. The summed E-state index contributed by atoms with van der Waals surface area (Å²) in [6, 6.07) is 74.5. The molecule has 94 heavy (non-hydrogen) atoms. The number of Topliss-reactive ketones (excluding diaryl/α,β-unsaturated/α-hetero) is 1. The van der Waals surface area contributed by atoms with Crippen LogP contribution in [0.1, 0.15) is 125 Å². The molecule has 2 atom stereocenters. The van der Waals surface area contributed by atoms with Crippen LogP contribution in [0.5, 0.6) is 5.75 Å². The number of benzene rings is 9. The van der Waals surface area contributed by atoms with Gasteiger partial charge in [0.1, 0.15) is 28.6 Å². The highest BCUT2D eigenvalue weighted by atomic mass is 35.5. The van der Waals surface area contributed by atoms with Crippen molar-refractivity contribution in [3.63, 3.8) is 0 Å². The smallest absolute Gasteiger partial charge is 0.221 e. The van der Waals surface area contributed by atoms with E-state index in [9.17, 15) is 18.8 Å². The van der Waals surface area contributed by atoms with Gasteiger partial charge in [-0.05, 0) is 166 Å². The third kappa shape index (κ3) is 26.8. The van der Waals surface area contributed by atoms with Crippen LogP contribution in [0.15, 0.2) is 242 Å². The Morgan fingerprint density at radius 1 is 0.511 bits per heavy atom. The molecule has 1 saturated carbocycles. The second-order valence-electron chi connectivity index (χ2n) is 22.2. The predicted octanol–water partition coefficient (Wildman–Crippen LogP) is 21.6. The van der Waals surface area contributed by atoms with E-state index in [-0.39, 0.29) is 35.3 Å². The highest BCUT2D eigenvalue weighted by Gasteiger charge is 2.31. The lowest BCUT2D eigenvalue weighted by molar-refractivity contribution is -0.119. The minimum Gasteiger partial charge on any atom is -0.444 e. The molecule has 0 aromatic heterocycles. The summed E-state index contributed by atoms with van der Waals surface area (Å²) in [7, 11) is 6.78. The van der Waals surface area contributed by atoms with Crippen molar-refractivity contribution < 1.29 is 37.7 Å². The number of hydrogen-bond acceptors (Lipinski definition) is 8. The highest BCUT2D eigenvalue weighted by Crippen LogP contribution is 2.39. The molecule has 0 aliphatic heterocycles. The van der Waals surface area contributed by atoms with Crippen molar-refractivity contribution in [1.82, 2.24) is 0 Å². The molecule has 10 rings (SSSR count). The van der Waals surface area contributed by atoms with Gasteiger partial charge in [-0.15, -0.1) is 0 Å². The number of rotatable bonds is 14. The Morgan fingerprint density at radius 2 is 0.883 bits per heavy atom. The van der Waals surface area contributed by atoms with Crippen molar-refractivity contribution in [1.29, 1.82) is 0 Å². The van der Waals surface area contributed by atoms with Crippen LogP contribution in [-0.4, -0.2) is 51.9 Å². The van der Waals surface area contributed by atoms with E-state index in [1.807, 2.05) is 191 Å². The number of nitrogens with one attached hydrogen (secondary N) is 2. The number of methoxy groups -OCH3 is 3. The number of aliphatic imine (C=N–C) groups is 1. The van der Waals surface area contributed by atoms with Gasteiger partial charge in [-0.25, -0.2) is 4.39 Å². The molecule has 1 fully saturated rings. The summed E-state index contributed by atoms with van der Waals surface area (Å²) < 4.78 is 34.2. The number of nitrogens with zero attached hydrogens (tertiary/aromatic N) is 1. The molecule has 1 aliphatic carbocycles. The van der Waals surface area contributed by atoms with Crippen molar-refractivity contribution in [2.24, 2.45) is 10.9 Å². The average molecular weight is 1350 g/mol. The van der Waals surface area contributed by atoms with Gasteiger partial charge in [-0.2, -0.15) is 0 Å². The summed E-state index contributed by atoms with van der Waals surface area (Å²) in [5.41, 5.74) is 8.28. The Morgan fingerprint density at radius 3 is 1.24 bits per heavy atom. The van der Waals surface area contributed by atoms with E-state index in [1.54, 1.807) is 47.4 Å². The van der Waals surface area contributed by atoms with Crippen molar-refractivity contribution in [3.05, 3.63) is 301 Å². The van der Waals surface area contributed by atoms with Gasteiger partial charge in [0.25, 0.3) is 0 Å². The Kier molecular flexibility index (Phi) is 34.8. The van der Waals surface area contributed by atoms with E-state index >= 15 is 0 Å². The number of para-hydroxylation sites is 1. The third-order valence-corrected chi connectivity index (χ3v) is 16.5. The molecule has 1 aliphatic rings. The van der Waals surface area contributed by atoms with Crippen molar-refractivity contribution >= 4 is 81.3 Å². The Hall–Kier alpha value is -7.97. The van der Waals surface area contributed by atoms with Gasteiger partial charge in [0.15, 0.2) is 5.90 Å². The fraction of sp³-hybridized carbons (Fsp3) is 0.266. The molecule has 9 aromatic carbocycles. The summed E-state index contributed by atoms with van der Waals surface area (Å²) in [5.74, 6) is 2.07. The standard InChI is InChI=1S/C15H14Cl2O.C15H16O.C14H18O.C9H10Cl2O.2C9H11NO.C8H8FNO/c1-15(18-2,11-3-7-13(16)8-4-11)12-5-9-14(17)10-6-12;1-15(16-2,13-9-5-3-6-10-13)14-11-7-4-8-12-14;1-11(15)14(13-9-5-6-10-13)12-7-3-2-4-8-12;1-6(12-2)9-7(10)4-3-5-8(9)11;1-7-3-5-9(6-4-7)10-8(2)11;1-8(10-2)11-9-6-4-3-5-7-9;1-6(11)10-8-4-2-7(9)3-5-8/h3-10H,1-2H3;3-12H,1-2H3;2-4,7-8,13-14H,5-6,9-10H2,1H3;3-6H,1-2H3;3-6H,1-2H3,(H,10,11);3-7H,1-2H3;2-5H,1H3,(H,10,11). The number of aryl methyl sites for hydroxylation is 1. The Labute approximate surface area is 576 Å². The lowest BCUT2D eigenvalue weighted by Crippen LogP contribution is -2.25. The maximum atomic E-state index is 12.3. The topological polar surface area (TPSA) is 125 Å². The maximum absolute atomic E-state index is 12.3. The number of amides is 2. The third-order valence-electron chi connectivity index (χ3n) is 15.3. The second kappa shape index (κ2) is 41.7. The van der Waals surface area contributed by atoms with Gasteiger partial charge in [0.2, 0.25) is 11.8 Å². The molecule has 0 radical (unpaired) electrons. The number of carbonyl (C=O) groups is 3. The molecule has 0 heterocycles. The first-order valence-corrected chi connectivity index (χ1v) is 32.3. The largest absolute Gasteiger partial charge is 0.444 e. The minimum atomic E-state index is -0.505. The maximum Gasteiger partial charge on any atom is 0.221 e. The lowest BCUT2D eigenvalue weighted by atomic mass is 9.82. The molecule has 2 amide bonds. The fourth-order valence-electron chi connectivity index (χ4n) is 9.94. The van der Waals surface area contributed by atoms with E-state index in [4.69, 9.17) is 65.4 Å². The lowest BCUT2D eigenvalue weighted by Gasteiger charge is -2.29. The van der Waals surface area contributed by atoms with Crippen LogP contribution in [0.4, 0.5) is 15.8 Å². The Balaban J connectivity index is 0.000000236. The van der Waals surface area contributed by atoms with Gasteiger partial charge >= 0.3 is 0 Å². The number of ketones is 1. The van der Waals surface area contributed by atoms with Gasteiger partial charge in [-0.1, -0.05) is 216 Å². The van der Waals surface area contributed by atoms with Crippen LogP contribution in [0.2, 0.25) is 20.1 Å². The number of carbonyl (C=O) groups excluding carboxylic acids is 3. The molecule has 0 bridgehead atoms. The zero-order valence-corrected chi connectivity index (χ0v) is 58.8. The summed E-state index contributed by atoms with van der Waals surface area (Å²) >= 11 is 23.7. The zero-order valence-electron chi connectivity index (χ0n) is 55.8. The molecule has 10 nitrogen and oxygen atoms in total. The SMILES string of the molecule is CC(=O)C(c1ccccc1)C1CCCC1.CC(=O)Nc1ccc(C)cc1.CC(=O)Nc1ccc(F)cc1.CN=C(C)Oc1ccccc1.COC(C)(c1ccc(Cl)cc1)c1ccc(Cl)cc1.COC(C)(c1ccccc1)c1ccccc1.COC(C)c1c(Cl)cccc1Cl. The van der Waals surface area contributed by atoms with Gasteiger partial charge in [-0.3, -0.25) is 19.4 Å². The van der Waals surface area contributed by atoms with Gasteiger partial charge in [0, 0.05) is 92.1 Å². The first kappa shape index (κ1) is 78.5. The number of hydrogen-bond donors (Lipinski definition) is 2. The van der Waals surface area contributed by atoms with Crippen LogP contribution in [-0.2, 0) is 39.8 Å². The fourth-order valence-corrected chi connectivity index (χ4v) is 10.9. The molecule has 15 heteroatoms. The van der Waals surface area contributed by atoms with Gasteiger partial charge < -0.3 is 29.6 Å². The second-order valence-corrected chi connectivity index (χ2v) is 23.9. The quantitative estimate of drug-likeness (QED) is 0.0821. The van der Waals surface area contributed by atoms with E-state index in [0.717, 1.165) is 28.1 Å². The minimum absolute atomic E-state index is 0.0335. The predicted molar refractivity (Wildman–Crippen MR) is 389 cm³/mol. The summed E-state index contributed by atoms with van der Waals surface area (Å²) in [6.07, 6.45) is 4.96. The van der Waals surface area contributed by atoms with E-state index in [1.165, 1.54) is 86.1 Å². The number of anilines is 2. The first-order chi connectivity index (χ1) is 45.0. The molecule has 9 aromatic rings. The summed E-state index contributed by atoms with van der Waals surface area (Å²) in [6.45, 7) is 14.5. The van der Waals surface area contributed by atoms with Crippen LogP contribution in [0.25, 0.3) is 0 Å². The Bertz CT molecular complexity index is 3490. The normalized spacial score (nSPS) is 12.3. The molecule has 0 saturated heterocycles. The molecule has 2 unspecified atom stereocenters. The van der Waals surface area contributed by atoms with E-state index < -0.39 is 5.60 Å². The molecular weight excluding hydrogens is 1260 g/mol. The molecule has 496 valence electrons.